The average molecular weight is 285 g/mol. The lowest BCUT2D eigenvalue weighted by Crippen LogP contribution is -2.34. The van der Waals surface area contributed by atoms with Gasteiger partial charge in [0.25, 0.3) is 0 Å². The van der Waals surface area contributed by atoms with E-state index in [2.05, 4.69) is 5.32 Å². The van der Waals surface area contributed by atoms with E-state index in [4.69, 9.17) is 14.9 Å². The Labute approximate surface area is 119 Å². The number of ether oxygens (including phenoxy) is 1. The third-order valence-electron chi connectivity index (χ3n) is 3.06. The minimum absolute atomic E-state index is 0.00199. The maximum absolute atomic E-state index is 13.4. The molecule has 0 heterocycles. The topological polar surface area (TPSA) is 61.7 Å². The van der Waals surface area contributed by atoms with Gasteiger partial charge in [-0.2, -0.15) is 0 Å². The van der Waals surface area contributed by atoms with Crippen LogP contribution in [-0.2, 0) is 0 Å². The van der Waals surface area contributed by atoms with Crippen molar-refractivity contribution in [3.05, 3.63) is 29.6 Å². The van der Waals surface area contributed by atoms with Crippen LogP contribution in [0.2, 0.25) is 0 Å². The summed E-state index contributed by atoms with van der Waals surface area (Å²) >= 11 is 0. The molecule has 3 N–H and O–H groups in total. The number of unbranched alkanes of at least 4 members (excludes halogenated alkanes) is 1. The van der Waals surface area contributed by atoms with Crippen molar-refractivity contribution >= 4 is 0 Å². The van der Waals surface area contributed by atoms with Gasteiger partial charge in [-0.05, 0) is 43.9 Å². The van der Waals surface area contributed by atoms with Crippen LogP contribution in [0.15, 0.2) is 18.2 Å². The molecule has 0 amide bonds. The summed E-state index contributed by atoms with van der Waals surface area (Å²) < 4.78 is 18.8. The molecule has 114 valence electrons. The van der Waals surface area contributed by atoms with Crippen LogP contribution in [0.1, 0.15) is 24.8 Å². The van der Waals surface area contributed by atoms with Gasteiger partial charge in [-0.25, -0.2) is 4.39 Å². The second-order valence-electron chi connectivity index (χ2n) is 4.84. The lowest BCUT2D eigenvalue weighted by Gasteiger charge is -2.15. The van der Waals surface area contributed by atoms with Crippen LogP contribution in [0.25, 0.3) is 0 Å². The van der Waals surface area contributed by atoms with Gasteiger partial charge in [-0.3, -0.25) is 0 Å². The predicted octanol–water partition coefficient (Wildman–Crippen LogP) is 1.63. The molecule has 0 saturated heterocycles. The van der Waals surface area contributed by atoms with Gasteiger partial charge in [0.15, 0.2) is 11.6 Å². The van der Waals surface area contributed by atoms with Gasteiger partial charge in [-0.1, -0.05) is 6.07 Å². The Balaban J connectivity index is 2.19. The largest absolute Gasteiger partial charge is 0.491 e. The fourth-order valence-electron chi connectivity index (χ4n) is 1.92. The van der Waals surface area contributed by atoms with Crippen molar-refractivity contribution in [2.45, 2.75) is 32.2 Å². The Morgan fingerprint density at radius 2 is 2.10 bits per heavy atom. The molecule has 1 aromatic carbocycles. The highest BCUT2D eigenvalue weighted by molar-refractivity contribution is 5.29. The molecule has 0 aromatic heterocycles. The van der Waals surface area contributed by atoms with E-state index in [-0.39, 0.29) is 25.1 Å². The number of rotatable bonds is 10. The summed E-state index contributed by atoms with van der Waals surface area (Å²) in [6.07, 6.45) is 2.47. The molecule has 20 heavy (non-hydrogen) atoms. The predicted molar refractivity (Wildman–Crippen MR) is 76.4 cm³/mol. The molecular formula is C15H24FNO3. The maximum Gasteiger partial charge on any atom is 0.165 e. The minimum Gasteiger partial charge on any atom is -0.491 e. The molecule has 5 heteroatoms. The molecule has 1 rings (SSSR count). The Kier molecular flexibility index (Phi) is 8.18. The first-order chi connectivity index (χ1) is 9.67. The third-order valence-corrected chi connectivity index (χ3v) is 3.06. The Bertz CT molecular complexity index is 387. The number of hydrogen-bond acceptors (Lipinski definition) is 4. The quantitative estimate of drug-likeness (QED) is 0.572. The van der Waals surface area contributed by atoms with E-state index >= 15 is 0 Å². The standard InChI is InChI=1S/C15H24FNO3/c1-12-5-6-14(16)15(10-12)20-9-3-2-4-13(11-19)17-7-8-18/h5-6,10,13,17-19H,2-4,7-9,11H2,1H3. The first-order valence-electron chi connectivity index (χ1n) is 7.01. The van der Waals surface area contributed by atoms with Crippen LogP contribution < -0.4 is 10.1 Å². The molecular weight excluding hydrogens is 261 g/mol. The number of aryl methyl sites for hydroxylation is 1. The van der Waals surface area contributed by atoms with Crippen molar-refractivity contribution in [2.75, 3.05) is 26.4 Å². The van der Waals surface area contributed by atoms with Crippen LogP contribution in [-0.4, -0.2) is 42.6 Å². The first kappa shape index (κ1) is 16.9. The van der Waals surface area contributed by atoms with Gasteiger partial charge >= 0.3 is 0 Å². The molecule has 1 unspecified atom stereocenters. The van der Waals surface area contributed by atoms with Crippen molar-refractivity contribution in [1.82, 2.24) is 5.32 Å². The molecule has 0 saturated carbocycles. The van der Waals surface area contributed by atoms with Gasteiger partial charge in [0.1, 0.15) is 0 Å². The highest BCUT2D eigenvalue weighted by Crippen LogP contribution is 2.18. The fourth-order valence-corrected chi connectivity index (χ4v) is 1.92. The highest BCUT2D eigenvalue weighted by atomic mass is 19.1. The van der Waals surface area contributed by atoms with E-state index < -0.39 is 0 Å². The van der Waals surface area contributed by atoms with Gasteiger partial charge in [0.05, 0.1) is 19.8 Å². The minimum atomic E-state index is -0.339. The second-order valence-corrected chi connectivity index (χ2v) is 4.84. The molecule has 0 aliphatic rings. The Morgan fingerprint density at radius 1 is 1.30 bits per heavy atom. The molecule has 0 aliphatic carbocycles. The van der Waals surface area contributed by atoms with E-state index in [0.717, 1.165) is 24.8 Å². The van der Waals surface area contributed by atoms with Crippen LogP contribution in [0.5, 0.6) is 5.75 Å². The summed E-state index contributed by atoms with van der Waals surface area (Å²) in [6, 6.07) is 4.80. The van der Waals surface area contributed by atoms with E-state index in [1.807, 2.05) is 6.92 Å². The van der Waals surface area contributed by atoms with E-state index in [0.29, 0.717) is 18.9 Å². The summed E-state index contributed by atoms with van der Waals surface area (Å²) in [5, 5.41) is 20.9. The van der Waals surface area contributed by atoms with Crippen molar-refractivity contribution in [3.63, 3.8) is 0 Å². The zero-order valence-corrected chi connectivity index (χ0v) is 11.9. The van der Waals surface area contributed by atoms with Crippen LogP contribution in [0.4, 0.5) is 4.39 Å². The van der Waals surface area contributed by atoms with Crippen molar-refractivity contribution in [3.8, 4) is 5.75 Å². The summed E-state index contributed by atoms with van der Waals surface area (Å²) in [5.41, 5.74) is 0.968. The normalized spacial score (nSPS) is 12.4. The molecule has 0 fully saturated rings. The Hall–Kier alpha value is -1.17. The molecule has 1 aromatic rings. The summed E-state index contributed by atoms with van der Waals surface area (Å²) in [6.45, 7) is 2.94. The molecule has 4 nitrogen and oxygen atoms in total. The second kappa shape index (κ2) is 9.69. The highest BCUT2D eigenvalue weighted by Gasteiger charge is 2.06. The Morgan fingerprint density at radius 3 is 2.80 bits per heavy atom. The number of nitrogens with one attached hydrogen (secondary N) is 1. The fraction of sp³-hybridized carbons (Fsp3) is 0.600. The lowest BCUT2D eigenvalue weighted by atomic mass is 10.1. The molecule has 0 spiro atoms. The smallest absolute Gasteiger partial charge is 0.165 e. The number of hydrogen-bond donors (Lipinski definition) is 3. The van der Waals surface area contributed by atoms with E-state index in [9.17, 15) is 4.39 Å². The summed E-state index contributed by atoms with van der Waals surface area (Å²) in [5.74, 6) is -0.0458. The summed E-state index contributed by atoms with van der Waals surface area (Å²) in [7, 11) is 0. The number of aliphatic hydroxyl groups excluding tert-OH is 2. The van der Waals surface area contributed by atoms with Crippen molar-refractivity contribution in [2.24, 2.45) is 0 Å². The SMILES string of the molecule is Cc1ccc(F)c(OCCCCC(CO)NCCO)c1. The molecule has 0 radical (unpaired) electrons. The maximum atomic E-state index is 13.4. The van der Waals surface area contributed by atoms with Crippen LogP contribution in [0, 0.1) is 12.7 Å². The number of aliphatic hydroxyl groups is 2. The van der Waals surface area contributed by atoms with Gasteiger partial charge in [0, 0.05) is 12.6 Å². The molecule has 1 atom stereocenters. The van der Waals surface area contributed by atoms with E-state index in [1.165, 1.54) is 6.07 Å². The number of benzene rings is 1. The van der Waals surface area contributed by atoms with Gasteiger partial charge < -0.3 is 20.3 Å². The van der Waals surface area contributed by atoms with E-state index in [1.54, 1.807) is 12.1 Å². The van der Waals surface area contributed by atoms with Crippen molar-refractivity contribution in [1.29, 1.82) is 0 Å². The van der Waals surface area contributed by atoms with Crippen LogP contribution >= 0.6 is 0 Å². The zero-order chi connectivity index (χ0) is 14.8. The zero-order valence-electron chi connectivity index (χ0n) is 11.9. The number of halogens is 1. The van der Waals surface area contributed by atoms with Crippen molar-refractivity contribution < 1.29 is 19.3 Å². The molecule has 0 aliphatic heterocycles. The first-order valence-corrected chi connectivity index (χ1v) is 7.01. The van der Waals surface area contributed by atoms with Crippen LogP contribution in [0.3, 0.4) is 0 Å². The summed E-state index contributed by atoms with van der Waals surface area (Å²) in [4.78, 5) is 0. The van der Waals surface area contributed by atoms with Gasteiger partial charge in [0.2, 0.25) is 0 Å². The van der Waals surface area contributed by atoms with Gasteiger partial charge in [-0.15, -0.1) is 0 Å². The monoisotopic (exact) mass is 285 g/mol. The lowest BCUT2D eigenvalue weighted by molar-refractivity contribution is 0.214. The molecule has 0 bridgehead atoms. The average Bonchev–Trinajstić information content (AvgIpc) is 2.45. The third kappa shape index (κ3) is 6.32.